The maximum Gasteiger partial charge on any atom is 0.306 e. The molecule has 4 aliphatic rings. The third kappa shape index (κ3) is 4.86. The van der Waals surface area contributed by atoms with Crippen LogP contribution in [0.1, 0.15) is 93.4 Å². The van der Waals surface area contributed by atoms with Crippen molar-refractivity contribution in [2.45, 2.75) is 116 Å². The van der Waals surface area contributed by atoms with Crippen LogP contribution >= 0.6 is 0 Å². The molecule has 0 unspecified atom stereocenters. The van der Waals surface area contributed by atoms with Crippen LogP contribution in [0.15, 0.2) is 23.3 Å². The summed E-state index contributed by atoms with van der Waals surface area (Å²) < 4.78 is 17.5. The van der Waals surface area contributed by atoms with Crippen molar-refractivity contribution < 1.29 is 43.6 Å². The van der Waals surface area contributed by atoms with Crippen LogP contribution < -0.4 is 0 Å². The molecular weight excluding hydrogens is 528 g/mol. The third-order valence-electron chi connectivity index (χ3n) is 10.3. The lowest BCUT2D eigenvalue weighted by atomic mass is 9.59. The van der Waals surface area contributed by atoms with Crippen LogP contribution in [-0.2, 0) is 33.4 Å². The van der Waals surface area contributed by atoms with Crippen molar-refractivity contribution in [3.8, 4) is 0 Å². The van der Waals surface area contributed by atoms with Gasteiger partial charge in [-0.2, -0.15) is 0 Å². The van der Waals surface area contributed by atoms with E-state index in [0.717, 1.165) is 25.7 Å². The zero-order valence-corrected chi connectivity index (χ0v) is 25.5. The number of hydrogen-bond acceptors (Lipinski definition) is 9. The molecule has 2 fully saturated rings. The molecule has 0 amide bonds. The summed E-state index contributed by atoms with van der Waals surface area (Å²) in [5, 5.41) is 24.7. The number of hydrogen-bond donors (Lipinski definition) is 2. The van der Waals surface area contributed by atoms with Gasteiger partial charge in [-0.05, 0) is 24.5 Å². The molecule has 0 aromatic carbocycles. The molecule has 0 saturated heterocycles. The molecule has 41 heavy (non-hydrogen) atoms. The van der Waals surface area contributed by atoms with Gasteiger partial charge in [-0.15, -0.1) is 0 Å². The summed E-state index contributed by atoms with van der Waals surface area (Å²) in [5.74, 6) is -5.01. The van der Waals surface area contributed by atoms with Gasteiger partial charge in [0.2, 0.25) is 0 Å². The summed E-state index contributed by atoms with van der Waals surface area (Å²) in [7, 11) is 0. The van der Waals surface area contributed by atoms with Gasteiger partial charge in [-0.25, -0.2) is 0 Å². The Morgan fingerprint density at radius 1 is 1.02 bits per heavy atom. The number of rotatable bonds is 10. The van der Waals surface area contributed by atoms with Crippen molar-refractivity contribution >= 4 is 23.7 Å². The number of ketones is 1. The van der Waals surface area contributed by atoms with Crippen LogP contribution in [0.3, 0.4) is 0 Å². The lowest BCUT2D eigenvalue weighted by Gasteiger charge is -2.53. The molecule has 2 saturated carbocycles. The number of Topliss-reactive ketones (excluding diaryl/α,β-unsaturated/α-hetero) is 1. The number of esters is 3. The number of aliphatic hydroxyl groups is 2. The molecule has 4 aliphatic carbocycles. The molecule has 0 bridgehead atoms. The smallest absolute Gasteiger partial charge is 0.306 e. The van der Waals surface area contributed by atoms with E-state index in [-0.39, 0.29) is 19.4 Å². The first-order chi connectivity index (χ1) is 19.1. The second kappa shape index (κ2) is 11.0. The minimum Gasteiger partial charge on any atom is -0.461 e. The van der Waals surface area contributed by atoms with Crippen molar-refractivity contribution in [2.24, 2.45) is 29.1 Å². The monoisotopic (exact) mass is 574 g/mol. The molecule has 0 aromatic heterocycles. The van der Waals surface area contributed by atoms with Crippen molar-refractivity contribution in [1.82, 2.24) is 0 Å². The fourth-order valence-electron chi connectivity index (χ4n) is 8.32. The lowest BCUT2D eigenvalue weighted by molar-refractivity contribution is -0.228. The Bertz CT molecular complexity index is 1170. The summed E-state index contributed by atoms with van der Waals surface area (Å²) >= 11 is 0. The first-order valence-corrected chi connectivity index (χ1v) is 15.0. The summed E-state index contributed by atoms with van der Waals surface area (Å²) in [5.41, 5.74) is -4.82. The molecule has 0 aliphatic heterocycles. The van der Waals surface area contributed by atoms with Gasteiger partial charge >= 0.3 is 17.9 Å². The van der Waals surface area contributed by atoms with Crippen LogP contribution in [0.25, 0.3) is 0 Å². The fourth-order valence-corrected chi connectivity index (χ4v) is 8.32. The molecular formula is C32H46O9. The first kappa shape index (κ1) is 31.4. The Hall–Kier alpha value is -2.52. The van der Waals surface area contributed by atoms with Gasteiger partial charge in [0, 0.05) is 55.8 Å². The van der Waals surface area contributed by atoms with Crippen molar-refractivity contribution in [3.63, 3.8) is 0 Å². The van der Waals surface area contributed by atoms with Gasteiger partial charge in [-0.3, -0.25) is 19.2 Å². The maximum atomic E-state index is 13.4. The topological polar surface area (TPSA) is 136 Å². The van der Waals surface area contributed by atoms with Crippen LogP contribution in [0.2, 0.25) is 0 Å². The average Bonchev–Trinajstić information content (AvgIpc) is 3.30. The van der Waals surface area contributed by atoms with Gasteiger partial charge in [-0.1, -0.05) is 65.5 Å². The number of fused-ring (bicyclic) bond motifs is 5. The Labute approximate surface area is 242 Å². The minimum absolute atomic E-state index is 0.126. The molecule has 228 valence electrons. The van der Waals surface area contributed by atoms with Gasteiger partial charge in [0.1, 0.15) is 18.3 Å². The third-order valence-corrected chi connectivity index (χ3v) is 10.3. The van der Waals surface area contributed by atoms with E-state index in [4.69, 9.17) is 14.2 Å². The standard InChI is InChI=1S/C32H46O9/c1-8-9-10-11-12-13-25(35)40-28-19(3)31(38)23(26-29(6,7)32(26,28)41-21(5)34)15-22(17-39-20(4)33)16-30(37)24(31)14-18(2)27(30)36/h14-15,19,23-24,26,28,37-38H,8-13,16-17H2,1-7H3/t19-,23+,24-,26-,28-,30+,31-,32-/m1/s1. The lowest BCUT2D eigenvalue weighted by Crippen LogP contribution is -2.66. The van der Waals surface area contributed by atoms with Crippen LogP contribution in [0, 0.1) is 29.1 Å². The molecule has 4 rings (SSSR count). The van der Waals surface area contributed by atoms with Gasteiger partial charge in [0.25, 0.3) is 0 Å². The summed E-state index contributed by atoms with van der Waals surface area (Å²) in [6.07, 6.45) is 7.25. The van der Waals surface area contributed by atoms with Gasteiger partial charge in [0.05, 0.1) is 5.60 Å². The highest BCUT2D eigenvalue weighted by Gasteiger charge is 2.87. The van der Waals surface area contributed by atoms with Gasteiger partial charge < -0.3 is 24.4 Å². The number of ether oxygens (including phenoxy) is 3. The Morgan fingerprint density at radius 3 is 2.29 bits per heavy atom. The van der Waals surface area contributed by atoms with Crippen molar-refractivity contribution in [1.29, 1.82) is 0 Å². The van der Waals surface area contributed by atoms with Gasteiger partial charge in [0.15, 0.2) is 11.4 Å². The highest BCUT2D eigenvalue weighted by Crippen LogP contribution is 2.77. The summed E-state index contributed by atoms with van der Waals surface area (Å²) in [6, 6.07) is 0. The predicted molar refractivity (Wildman–Crippen MR) is 149 cm³/mol. The number of carbonyl (C=O) groups is 4. The van der Waals surface area contributed by atoms with E-state index in [2.05, 4.69) is 6.92 Å². The normalized spacial score (nSPS) is 38.4. The Balaban J connectivity index is 1.80. The Morgan fingerprint density at radius 2 is 1.68 bits per heavy atom. The second-order valence-corrected chi connectivity index (χ2v) is 13.2. The van der Waals surface area contributed by atoms with E-state index in [0.29, 0.717) is 17.6 Å². The number of unbranched alkanes of at least 4 members (excludes halogenated alkanes) is 4. The van der Waals surface area contributed by atoms with Crippen LogP contribution in [-0.4, -0.2) is 63.4 Å². The highest BCUT2D eigenvalue weighted by atomic mass is 16.6. The molecule has 8 atom stereocenters. The van der Waals surface area contributed by atoms with E-state index in [1.54, 1.807) is 26.0 Å². The SMILES string of the molecule is CCCCCCCC(=O)O[C@@H]1[C@@H](C)[C@@]2(O)[C@@H](C=C(COC(C)=O)C[C@@]3(O)C(=O)C(C)=C[C@@H]23)[C@@H]2C(C)(C)[C@]12OC(C)=O. The Kier molecular flexibility index (Phi) is 8.39. The second-order valence-electron chi connectivity index (χ2n) is 13.2. The fraction of sp³-hybridized carbons (Fsp3) is 0.750. The largest absolute Gasteiger partial charge is 0.461 e. The van der Waals surface area contributed by atoms with Crippen molar-refractivity contribution in [2.75, 3.05) is 6.61 Å². The zero-order chi connectivity index (χ0) is 30.5. The molecule has 0 aromatic rings. The quantitative estimate of drug-likeness (QED) is 0.172. The summed E-state index contributed by atoms with van der Waals surface area (Å²) in [4.78, 5) is 50.8. The van der Waals surface area contributed by atoms with E-state index in [1.807, 2.05) is 13.8 Å². The molecule has 0 radical (unpaired) electrons. The molecule has 0 spiro atoms. The number of carbonyl (C=O) groups excluding carboxylic acids is 4. The molecule has 9 heteroatoms. The average molecular weight is 575 g/mol. The first-order valence-electron chi connectivity index (χ1n) is 15.0. The summed E-state index contributed by atoms with van der Waals surface area (Å²) in [6.45, 7) is 11.7. The molecule has 2 N–H and O–H groups in total. The zero-order valence-electron chi connectivity index (χ0n) is 25.5. The maximum absolute atomic E-state index is 13.4. The van der Waals surface area contributed by atoms with E-state index in [9.17, 15) is 29.4 Å². The van der Waals surface area contributed by atoms with Crippen LogP contribution in [0.5, 0.6) is 0 Å². The van der Waals surface area contributed by atoms with E-state index < -0.39 is 75.7 Å². The van der Waals surface area contributed by atoms with E-state index >= 15 is 0 Å². The van der Waals surface area contributed by atoms with Crippen LogP contribution in [0.4, 0.5) is 0 Å². The minimum atomic E-state index is -1.97. The predicted octanol–water partition coefficient (Wildman–Crippen LogP) is 3.98. The molecule has 0 heterocycles. The molecule has 9 nitrogen and oxygen atoms in total. The highest BCUT2D eigenvalue weighted by molar-refractivity contribution is 6.04. The van der Waals surface area contributed by atoms with E-state index in [1.165, 1.54) is 13.8 Å². The van der Waals surface area contributed by atoms with Crippen molar-refractivity contribution in [3.05, 3.63) is 23.3 Å².